The van der Waals surface area contributed by atoms with Crippen molar-refractivity contribution in [2.24, 2.45) is 11.3 Å². The van der Waals surface area contributed by atoms with E-state index in [9.17, 15) is 29.1 Å². The lowest BCUT2D eigenvalue weighted by Crippen LogP contribution is -2.39. The van der Waals surface area contributed by atoms with Crippen molar-refractivity contribution in [3.8, 4) is 0 Å². The predicted octanol–water partition coefficient (Wildman–Crippen LogP) is 2.69. The van der Waals surface area contributed by atoms with Crippen molar-refractivity contribution < 1.29 is 49.5 Å². The van der Waals surface area contributed by atoms with Crippen molar-refractivity contribution in [3.05, 3.63) is 0 Å². The van der Waals surface area contributed by atoms with Gasteiger partial charge in [0.15, 0.2) is 0 Å². The zero-order chi connectivity index (χ0) is 22.4. The van der Waals surface area contributed by atoms with Crippen molar-refractivity contribution in [1.29, 1.82) is 0 Å². The fourth-order valence-electron chi connectivity index (χ4n) is 3.73. The number of hydrogen-bond donors (Lipinski definition) is 5. The molecular weight excluding hydrogens is 388 g/mol. The SMILES string of the molecule is O=C(O)CCCC(CCCC(=O)O)C(CCCC(=O)O)(CCCC(=O)O)C(=O)O. The van der Waals surface area contributed by atoms with Gasteiger partial charge in [-0.15, -0.1) is 0 Å². The third-order valence-corrected chi connectivity index (χ3v) is 5.12. The lowest BCUT2D eigenvalue weighted by atomic mass is 9.65. The van der Waals surface area contributed by atoms with Crippen LogP contribution in [-0.4, -0.2) is 55.4 Å². The molecule has 0 saturated carbocycles. The number of carbonyl (C=O) groups is 5. The fourth-order valence-corrected chi connectivity index (χ4v) is 3.73. The average Bonchev–Trinajstić information content (AvgIpc) is 2.57. The first-order valence-corrected chi connectivity index (χ1v) is 9.62. The van der Waals surface area contributed by atoms with E-state index in [0.29, 0.717) is 0 Å². The first-order chi connectivity index (χ1) is 13.5. The van der Waals surface area contributed by atoms with Crippen molar-refractivity contribution in [3.63, 3.8) is 0 Å². The Morgan fingerprint density at radius 3 is 1.14 bits per heavy atom. The highest BCUT2D eigenvalue weighted by molar-refractivity contribution is 5.75. The van der Waals surface area contributed by atoms with E-state index in [4.69, 9.17) is 20.4 Å². The van der Waals surface area contributed by atoms with Crippen molar-refractivity contribution >= 4 is 29.8 Å². The molecule has 5 N–H and O–H groups in total. The van der Waals surface area contributed by atoms with Crippen molar-refractivity contribution in [2.75, 3.05) is 0 Å². The molecule has 0 aromatic heterocycles. The van der Waals surface area contributed by atoms with Crippen LogP contribution in [0.2, 0.25) is 0 Å². The minimum atomic E-state index is -1.43. The summed E-state index contributed by atoms with van der Waals surface area (Å²) in [6.07, 6.45) is 0.140. The van der Waals surface area contributed by atoms with E-state index in [0.717, 1.165) is 0 Å². The molecule has 0 rings (SSSR count). The molecule has 0 spiro atoms. The lowest BCUT2D eigenvalue weighted by Gasteiger charge is -2.38. The van der Waals surface area contributed by atoms with Crippen LogP contribution in [0.1, 0.15) is 77.0 Å². The number of carboxylic acids is 5. The lowest BCUT2D eigenvalue weighted by molar-refractivity contribution is -0.156. The van der Waals surface area contributed by atoms with Gasteiger partial charge in [0, 0.05) is 25.7 Å². The number of carboxylic acid groups (broad SMARTS) is 5. The minimum Gasteiger partial charge on any atom is -0.481 e. The molecule has 0 amide bonds. The van der Waals surface area contributed by atoms with Crippen LogP contribution in [0.5, 0.6) is 0 Å². The first kappa shape index (κ1) is 26.4. The largest absolute Gasteiger partial charge is 0.481 e. The van der Waals surface area contributed by atoms with E-state index in [1.165, 1.54) is 0 Å². The Balaban J connectivity index is 5.62. The molecule has 29 heavy (non-hydrogen) atoms. The summed E-state index contributed by atoms with van der Waals surface area (Å²) < 4.78 is 0. The third-order valence-electron chi connectivity index (χ3n) is 5.12. The highest BCUT2D eigenvalue weighted by Crippen LogP contribution is 2.44. The minimum absolute atomic E-state index is 0.000931. The Hall–Kier alpha value is -2.65. The number of hydrogen-bond acceptors (Lipinski definition) is 5. The van der Waals surface area contributed by atoms with Gasteiger partial charge in [-0.05, 0) is 57.3 Å². The maximum atomic E-state index is 12.3. The second-order valence-corrected chi connectivity index (χ2v) is 7.22. The van der Waals surface area contributed by atoms with Crippen LogP contribution in [-0.2, 0) is 24.0 Å². The van der Waals surface area contributed by atoms with Gasteiger partial charge < -0.3 is 25.5 Å². The first-order valence-electron chi connectivity index (χ1n) is 9.62. The Bertz CT molecular complexity index is 544. The summed E-state index contributed by atoms with van der Waals surface area (Å²) in [5.74, 6) is -6.00. The van der Waals surface area contributed by atoms with Gasteiger partial charge in [0.25, 0.3) is 0 Å². The molecule has 0 fully saturated rings. The van der Waals surface area contributed by atoms with Crippen molar-refractivity contribution in [1.82, 2.24) is 0 Å². The monoisotopic (exact) mass is 418 g/mol. The molecule has 0 atom stereocenters. The Morgan fingerprint density at radius 2 is 0.862 bits per heavy atom. The molecule has 0 heterocycles. The van der Waals surface area contributed by atoms with Crippen LogP contribution in [0.15, 0.2) is 0 Å². The van der Waals surface area contributed by atoms with Gasteiger partial charge in [-0.1, -0.05) is 0 Å². The van der Waals surface area contributed by atoms with Crippen LogP contribution >= 0.6 is 0 Å². The molecule has 10 nitrogen and oxygen atoms in total. The molecule has 0 aliphatic carbocycles. The standard InChI is InChI=1S/C19H30O10/c20-14(21)7-1-5-13(6-2-8-15(22)23)19(18(28)29,11-3-9-16(24)25)12-4-10-17(26)27/h13H,1-12H2,(H,20,21)(H,22,23)(H,24,25)(H,26,27)(H,28,29). The Kier molecular flexibility index (Phi) is 12.3. The average molecular weight is 418 g/mol. The van der Waals surface area contributed by atoms with Gasteiger partial charge >= 0.3 is 29.8 Å². The second-order valence-electron chi connectivity index (χ2n) is 7.22. The second kappa shape index (κ2) is 13.5. The summed E-state index contributed by atoms with van der Waals surface area (Å²) in [5.41, 5.74) is -1.43. The quantitative estimate of drug-likeness (QED) is 0.221. The van der Waals surface area contributed by atoms with Gasteiger partial charge in [0.1, 0.15) is 0 Å². The van der Waals surface area contributed by atoms with Gasteiger partial charge in [0.05, 0.1) is 5.41 Å². The molecule has 0 aromatic rings. The highest BCUT2D eigenvalue weighted by Gasteiger charge is 2.44. The molecule has 0 aromatic carbocycles. The van der Waals surface area contributed by atoms with Crippen LogP contribution in [0, 0.1) is 11.3 Å². The Labute approximate surface area is 168 Å². The zero-order valence-corrected chi connectivity index (χ0v) is 16.3. The van der Waals surface area contributed by atoms with E-state index in [1.54, 1.807) is 0 Å². The molecule has 0 unspecified atom stereocenters. The van der Waals surface area contributed by atoms with Gasteiger partial charge in [-0.3, -0.25) is 24.0 Å². The molecule has 166 valence electrons. The molecule has 0 saturated heterocycles. The number of rotatable bonds is 18. The molecular formula is C19H30O10. The topological polar surface area (TPSA) is 186 Å². The predicted molar refractivity (Wildman–Crippen MR) is 99.5 cm³/mol. The molecule has 0 aliphatic rings. The third kappa shape index (κ3) is 11.1. The van der Waals surface area contributed by atoms with Gasteiger partial charge in [-0.2, -0.15) is 0 Å². The van der Waals surface area contributed by atoms with E-state index in [-0.39, 0.29) is 77.0 Å². The smallest absolute Gasteiger partial charge is 0.309 e. The summed E-state index contributed by atoms with van der Waals surface area (Å²) in [7, 11) is 0. The van der Waals surface area contributed by atoms with Crippen LogP contribution in [0.4, 0.5) is 0 Å². The van der Waals surface area contributed by atoms with E-state index in [1.807, 2.05) is 0 Å². The van der Waals surface area contributed by atoms with Crippen molar-refractivity contribution in [2.45, 2.75) is 77.0 Å². The summed E-state index contributed by atoms with van der Waals surface area (Å²) in [4.78, 5) is 55.7. The Morgan fingerprint density at radius 1 is 0.552 bits per heavy atom. The van der Waals surface area contributed by atoms with Crippen LogP contribution in [0.25, 0.3) is 0 Å². The van der Waals surface area contributed by atoms with E-state index < -0.39 is 41.2 Å². The number of aliphatic carboxylic acids is 5. The maximum absolute atomic E-state index is 12.3. The summed E-state index contributed by atoms with van der Waals surface area (Å²) >= 11 is 0. The van der Waals surface area contributed by atoms with Gasteiger partial charge in [-0.25, -0.2) is 0 Å². The van der Waals surface area contributed by atoms with Crippen LogP contribution < -0.4 is 0 Å². The van der Waals surface area contributed by atoms with E-state index in [2.05, 4.69) is 0 Å². The summed E-state index contributed by atoms with van der Waals surface area (Å²) in [5, 5.41) is 45.5. The molecule has 0 aliphatic heterocycles. The molecule has 0 bridgehead atoms. The zero-order valence-electron chi connectivity index (χ0n) is 16.3. The molecule has 0 radical (unpaired) electrons. The summed E-state index contributed by atoms with van der Waals surface area (Å²) in [6, 6.07) is 0. The normalized spacial score (nSPS) is 11.3. The molecule has 10 heteroatoms. The maximum Gasteiger partial charge on any atom is 0.309 e. The summed E-state index contributed by atoms with van der Waals surface area (Å²) in [6.45, 7) is 0. The fraction of sp³-hybridized carbons (Fsp3) is 0.737. The van der Waals surface area contributed by atoms with Crippen LogP contribution in [0.3, 0.4) is 0 Å². The van der Waals surface area contributed by atoms with E-state index >= 15 is 0 Å². The van der Waals surface area contributed by atoms with Gasteiger partial charge in [0.2, 0.25) is 0 Å². The highest BCUT2D eigenvalue weighted by atomic mass is 16.4.